The second kappa shape index (κ2) is 7.25. The predicted molar refractivity (Wildman–Crippen MR) is 94.6 cm³/mol. The third kappa shape index (κ3) is 3.83. The highest BCUT2D eigenvalue weighted by Gasteiger charge is 2.36. The number of urea groups is 1. The molecular formula is C18H20N2O4S. The predicted octanol–water partition coefficient (Wildman–Crippen LogP) is 3.08. The quantitative estimate of drug-likeness (QED) is 0.859. The van der Waals surface area contributed by atoms with E-state index in [0.717, 1.165) is 9.87 Å². The van der Waals surface area contributed by atoms with E-state index >= 15 is 0 Å². The molecule has 0 aromatic heterocycles. The minimum absolute atomic E-state index is 0.0668. The van der Waals surface area contributed by atoms with Gasteiger partial charge in [0, 0.05) is 6.54 Å². The van der Waals surface area contributed by atoms with Crippen LogP contribution in [-0.2, 0) is 21.4 Å². The van der Waals surface area contributed by atoms with Crippen LogP contribution in [0.4, 0.5) is 10.5 Å². The monoisotopic (exact) mass is 360 g/mol. The molecular weight excluding hydrogens is 340 g/mol. The van der Waals surface area contributed by atoms with Crippen molar-refractivity contribution in [1.29, 1.82) is 0 Å². The second-order valence-corrected chi connectivity index (χ2v) is 7.90. The molecule has 1 N–H and O–H groups in total. The number of amides is 2. The van der Waals surface area contributed by atoms with Gasteiger partial charge in [-0.2, -0.15) is 0 Å². The molecule has 1 heterocycles. The summed E-state index contributed by atoms with van der Waals surface area (Å²) in [7, 11) is -3.84. The topological polar surface area (TPSA) is 75.7 Å². The number of ether oxygens (including phenoxy) is 1. The summed E-state index contributed by atoms with van der Waals surface area (Å²) in [6.07, 6.45) is 0. The van der Waals surface area contributed by atoms with E-state index in [1.54, 1.807) is 18.2 Å². The summed E-state index contributed by atoms with van der Waals surface area (Å²) < 4.78 is 31.9. The molecule has 2 aromatic carbocycles. The van der Waals surface area contributed by atoms with Gasteiger partial charge in [0.05, 0.1) is 18.9 Å². The Morgan fingerprint density at radius 3 is 2.52 bits per heavy atom. The number of sulfonamides is 1. The molecule has 25 heavy (non-hydrogen) atoms. The van der Waals surface area contributed by atoms with E-state index in [1.165, 1.54) is 6.07 Å². The fraction of sp³-hybridized carbons (Fsp3) is 0.278. The molecule has 132 valence electrons. The highest BCUT2D eigenvalue weighted by molar-refractivity contribution is 7.90. The van der Waals surface area contributed by atoms with Crippen LogP contribution in [0.2, 0.25) is 0 Å². The molecule has 0 bridgehead atoms. The minimum atomic E-state index is -3.84. The maximum Gasteiger partial charge on any atom is 0.335 e. The molecule has 0 saturated carbocycles. The normalized spacial score (nSPS) is 16.8. The fourth-order valence-electron chi connectivity index (χ4n) is 2.67. The lowest BCUT2D eigenvalue weighted by Gasteiger charge is -2.30. The number of anilines is 1. The van der Waals surface area contributed by atoms with Gasteiger partial charge >= 0.3 is 6.03 Å². The number of hydrogen-bond acceptors (Lipinski definition) is 4. The molecule has 0 saturated heterocycles. The number of hydrogen-bond donors (Lipinski definition) is 1. The Kier molecular flexibility index (Phi) is 5.06. The van der Waals surface area contributed by atoms with Crippen LogP contribution in [0.1, 0.15) is 12.5 Å². The van der Waals surface area contributed by atoms with Gasteiger partial charge in [-0.3, -0.25) is 0 Å². The third-order valence-corrected chi connectivity index (χ3v) is 5.72. The van der Waals surface area contributed by atoms with E-state index in [9.17, 15) is 13.2 Å². The average molecular weight is 360 g/mol. The molecule has 1 aliphatic heterocycles. The van der Waals surface area contributed by atoms with Gasteiger partial charge in [-0.05, 0) is 23.6 Å². The summed E-state index contributed by atoms with van der Waals surface area (Å²) >= 11 is 0. The van der Waals surface area contributed by atoms with Crippen molar-refractivity contribution in [3.63, 3.8) is 0 Å². The number of fused-ring (bicyclic) bond motifs is 1. The zero-order chi connectivity index (χ0) is 17.9. The number of benzene rings is 2. The lowest BCUT2D eigenvalue weighted by molar-refractivity contribution is 0.0878. The summed E-state index contributed by atoms with van der Waals surface area (Å²) in [6, 6.07) is 15.5. The molecule has 6 nitrogen and oxygen atoms in total. The summed E-state index contributed by atoms with van der Waals surface area (Å²) in [4.78, 5) is 12.3. The number of para-hydroxylation sites is 1. The summed E-state index contributed by atoms with van der Waals surface area (Å²) in [5, 5.41) is 2.62. The van der Waals surface area contributed by atoms with Gasteiger partial charge in [0.2, 0.25) is 0 Å². The zero-order valence-corrected chi connectivity index (χ0v) is 14.7. The first kappa shape index (κ1) is 17.4. The van der Waals surface area contributed by atoms with Crippen LogP contribution in [0.25, 0.3) is 0 Å². The van der Waals surface area contributed by atoms with Crippen molar-refractivity contribution in [3.05, 3.63) is 60.2 Å². The van der Waals surface area contributed by atoms with Crippen molar-refractivity contribution in [2.75, 3.05) is 18.5 Å². The zero-order valence-electron chi connectivity index (χ0n) is 13.9. The van der Waals surface area contributed by atoms with Gasteiger partial charge in [0.15, 0.2) is 0 Å². The second-order valence-electron chi connectivity index (χ2n) is 6.07. The molecule has 0 aliphatic carbocycles. The molecule has 2 aromatic rings. The maximum atomic E-state index is 12.7. The van der Waals surface area contributed by atoms with Crippen LogP contribution in [0.3, 0.4) is 0 Å². The van der Waals surface area contributed by atoms with Gasteiger partial charge in [0.1, 0.15) is 4.90 Å². The van der Waals surface area contributed by atoms with E-state index in [4.69, 9.17) is 4.74 Å². The molecule has 2 amide bonds. The molecule has 0 spiro atoms. The Morgan fingerprint density at radius 1 is 1.08 bits per heavy atom. The van der Waals surface area contributed by atoms with Gasteiger partial charge in [-0.15, -0.1) is 0 Å². The highest BCUT2D eigenvalue weighted by atomic mass is 32.2. The van der Waals surface area contributed by atoms with E-state index in [2.05, 4.69) is 5.32 Å². The first-order valence-electron chi connectivity index (χ1n) is 8.03. The molecule has 0 radical (unpaired) electrons. The highest BCUT2D eigenvalue weighted by Crippen LogP contribution is 2.30. The molecule has 1 aliphatic rings. The SMILES string of the molecule is CC(COCc1ccccc1)CN1C(=O)Nc2ccccc2S1(=O)=O. The first-order valence-corrected chi connectivity index (χ1v) is 9.47. The number of carbonyl (C=O) groups is 1. The summed E-state index contributed by atoms with van der Waals surface area (Å²) in [6.45, 7) is 2.73. The van der Waals surface area contributed by atoms with Gasteiger partial charge < -0.3 is 10.1 Å². The lowest BCUT2D eigenvalue weighted by atomic mass is 10.2. The van der Waals surface area contributed by atoms with E-state index in [-0.39, 0.29) is 17.4 Å². The van der Waals surface area contributed by atoms with Crippen LogP contribution >= 0.6 is 0 Å². The largest absolute Gasteiger partial charge is 0.376 e. The molecule has 1 atom stereocenters. The fourth-order valence-corrected chi connectivity index (χ4v) is 4.27. The Morgan fingerprint density at radius 2 is 1.76 bits per heavy atom. The van der Waals surface area contributed by atoms with E-state index in [1.807, 2.05) is 37.3 Å². The Hall–Kier alpha value is -2.38. The van der Waals surface area contributed by atoms with Gasteiger partial charge in [0.25, 0.3) is 10.0 Å². The van der Waals surface area contributed by atoms with Crippen molar-refractivity contribution in [1.82, 2.24) is 4.31 Å². The Bertz CT molecular complexity index is 852. The van der Waals surface area contributed by atoms with Crippen LogP contribution in [0, 0.1) is 5.92 Å². The number of rotatable bonds is 6. The minimum Gasteiger partial charge on any atom is -0.376 e. The summed E-state index contributed by atoms with van der Waals surface area (Å²) in [5.74, 6) is -0.130. The average Bonchev–Trinajstić information content (AvgIpc) is 2.60. The molecule has 7 heteroatoms. The Balaban J connectivity index is 1.63. The third-order valence-electron chi connectivity index (χ3n) is 3.91. The molecule has 0 fully saturated rings. The smallest absolute Gasteiger partial charge is 0.335 e. The first-order chi connectivity index (χ1) is 12.0. The van der Waals surface area contributed by atoms with Crippen LogP contribution < -0.4 is 5.32 Å². The van der Waals surface area contributed by atoms with Crippen molar-refractivity contribution in [2.24, 2.45) is 5.92 Å². The number of nitrogens with one attached hydrogen (secondary N) is 1. The standard InChI is InChI=1S/C18H20N2O4S/c1-14(12-24-13-15-7-3-2-4-8-15)11-20-18(21)19-16-9-5-6-10-17(16)25(20,22)23/h2-10,14H,11-13H2,1H3,(H,19,21). The van der Waals surface area contributed by atoms with E-state index < -0.39 is 16.1 Å². The molecule has 3 rings (SSSR count). The number of carbonyl (C=O) groups excluding carboxylic acids is 1. The van der Waals surface area contributed by atoms with Gasteiger partial charge in [-0.1, -0.05) is 49.4 Å². The van der Waals surface area contributed by atoms with E-state index in [0.29, 0.717) is 18.9 Å². The van der Waals surface area contributed by atoms with Crippen LogP contribution in [0.5, 0.6) is 0 Å². The van der Waals surface area contributed by atoms with Crippen LogP contribution in [0.15, 0.2) is 59.5 Å². The maximum absolute atomic E-state index is 12.7. The van der Waals surface area contributed by atoms with Crippen molar-refractivity contribution in [3.8, 4) is 0 Å². The Labute approximate surface area is 147 Å². The lowest BCUT2D eigenvalue weighted by Crippen LogP contribution is -2.46. The molecule has 1 unspecified atom stereocenters. The van der Waals surface area contributed by atoms with Crippen molar-refractivity contribution < 1.29 is 17.9 Å². The van der Waals surface area contributed by atoms with Crippen molar-refractivity contribution in [2.45, 2.75) is 18.4 Å². The van der Waals surface area contributed by atoms with Crippen molar-refractivity contribution >= 4 is 21.7 Å². The summed E-state index contributed by atoms with van der Waals surface area (Å²) in [5.41, 5.74) is 1.36. The number of nitrogens with zero attached hydrogens (tertiary/aromatic N) is 1. The van der Waals surface area contributed by atoms with Gasteiger partial charge in [-0.25, -0.2) is 17.5 Å². The van der Waals surface area contributed by atoms with Crippen LogP contribution in [-0.4, -0.2) is 31.9 Å².